The van der Waals surface area contributed by atoms with Crippen LogP contribution in [0.2, 0.25) is 5.02 Å². The molecule has 0 bridgehead atoms. The second kappa shape index (κ2) is 9.30. The highest BCUT2D eigenvalue weighted by atomic mass is 35.5. The van der Waals surface area contributed by atoms with Gasteiger partial charge in [0, 0.05) is 21.8 Å². The topological polar surface area (TPSA) is 101 Å². The highest BCUT2D eigenvalue weighted by molar-refractivity contribution is 6.31. The molecule has 0 saturated carbocycles. The first-order valence-corrected chi connectivity index (χ1v) is 8.90. The zero-order chi connectivity index (χ0) is 20.0. The molecule has 0 aliphatic rings. The van der Waals surface area contributed by atoms with E-state index in [9.17, 15) is 14.4 Å². The van der Waals surface area contributed by atoms with Crippen LogP contribution in [0.5, 0.6) is 0 Å². The number of imide groups is 1. The molecule has 0 saturated heterocycles. The summed E-state index contributed by atoms with van der Waals surface area (Å²) in [5.41, 5.74) is 7.01. The van der Waals surface area contributed by atoms with E-state index >= 15 is 0 Å². The predicted octanol–water partition coefficient (Wildman–Crippen LogP) is 2.61. The average Bonchev–Trinajstić information content (AvgIpc) is 2.66. The minimum Gasteiger partial charge on any atom is -0.376 e. The lowest BCUT2D eigenvalue weighted by molar-refractivity contribution is -0.130. The van der Waals surface area contributed by atoms with Crippen molar-refractivity contribution in [2.45, 2.75) is 19.9 Å². The Morgan fingerprint density at radius 3 is 2.37 bits per heavy atom. The summed E-state index contributed by atoms with van der Waals surface area (Å²) in [6, 6.07) is 12.8. The van der Waals surface area contributed by atoms with Gasteiger partial charge in [-0.05, 0) is 24.1 Å². The van der Waals surface area contributed by atoms with E-state index in [0.717, 1.165) is 0 Å². The first-order valence-electron chi connectivity index (χ1n) is 8.52. The number of hydrogen-bond acceptors (Lipinski definition) is 5. The molecule has 27 heavy (non-hydrogen) atoms. The summed E-state index contributed by atoms with van der Waals surface area (Å²) in [7, 11) is 0. The third-order valence-electron chi connectivity index (χ3n) is 3.99. The van der Waals surface area contributed by atoms with Crippen molar-refractivity contribution < 1.29 is 14.4 Å². The summed E-state index contributed by atoms with van der Waals surface area (Å²) < 4.78 is 0. The zero-order valence-corrected chi connectivity index (χ0v) is 15.9. The Balaban J connectivity index is 2.10. The molecule has 2 aromatic carbocycles. The number of rotatable bonds is 7. The van der Waals surface area contributed by atoms with Gasteiger partial charge < -0.3 is 11.1 Å². The quantitative estimate of drug-likeness (QED) is 0.634. The summed E-state index contributed by atoms with van der Waals surface area (Å²) in [6.45, 7) is 3.40. The fraction of sp³-hybridized carbons (Fsp3) is 0.250. The molecule has 0 aromatic heterocycles. The average molecular weight is 388 g/mol. The second-order valence-electron chi connectivity index (χ2n) is 6.42. The van der Waals surface area contributed by atoms with Crippen molar-refractivity contribution in [1.82, 2.24) is 5.32 Å². The van der Waals surface area contributed by atoms with Crippen molar-refractivity contribution in [2.75, 3.05) is 11.9 Å². The van der Waals surface area contributed by atoms with Gasteiger partial charge in [-0.3, -0.25) is 19.7 Å². The van der Waals surface area contributed by atoms with E-state index in [2.05, 4.69) is 10.6 Å². The summed E-state index contributed by atoms with van der Waals surface area (Å²) in [4.78, 5) is 36.6. The number of carbonyl (C=O) groups excluding carboxylic acids is 3. The number of amides is 2. The van der Waals surface area contributed by atoms with Crippen LogP contribution in [0.15, 0.2) is 48.5 Å². The molecule has 142 valence electrons. The maximum atomic E-state index is 12.7. The maximum absolute atomic E-state index is 12.7. The lowest BCUT2D eigenvalue weighted by atomic mass is 10.0. The number of benzene rings is 2. The molecule has 7 heteroatoms. The van der Waals surface area contributed by atoms with Gasteiger partial charge in [-0.1, -0.05) is 55.8 Å². The minimum absolute atomic E-state index is 0.0860. The van der Waals surface area contributed by atoms with Crippen LogP contribution >= 0.6 is 11.6 Å². The van der Waals surface area contributed by atoms with Crippen molar-refractivity contribution in [3.63, 3.8) is 0 Å². The Labute approximate surface area is 163 Å². The molecule has 0 aliphatic heterocycles. The third-order valence-corrected chi connectivity index (χ3v) is 4.22. The molecule has 0 heterocycles. The van der Waals surface area contributed by atoms with Crippen LogP contribution in [0.25, 0.3) is 0 Å². The van der Waals surface area contributed by atoms with Crippen LogP contribution in [0.4, 0.5) is 5.69 Å². The van der Waals surface area contributed by atoms with E-state index in [1.54, 1.807) is 50.2 Å². The van der Waals surface area contributed by atoms with Crippen LogP contribution in [0, 0.1) is 5.92 Å². The van der Waals surface area contributed by atoms with Gasteiger partial charge in [0.05, 0.1) is 12.6 Å². The highest BCUT2D eigenvalue weighted by Crippen LogP contribution is 2.23. The van der Waals surface area contributed by atoms with Gasteiger partial charge in [-0.2, -0.15) is 0 Å². The van der Waals surface area contributed by atoms with Gasteiger partial charge in [-0.15, -0.1) is 0 Å². The van der Waals surface area contributed by atoms with Crippen LogP contribution < -0.4 is 16.4 Å². The molecule has 6 nitrogen and oxygen atoms in total. The van der Waals surface area contributed by atoms with Gasteiger partial charge in [0.2, 0.25) is 11.8 Å². The van der Waals surface area contributed by atoms with Crippen molar-refractivity contribution in [3.8, 4) is 0 Å². The van der Waals surface area contributed by atoms with Crippen LogP contribution in [0.1, 0.15) is 29.8 Å². The van der Waals surface area contributed by atoms with Crippen molar-refractivity contribution in [1.29, 1.82) is 0 Å². The molecular weight excluding hydrogens is 366 g/mol. The summed E-state index contributed by atoms with van der Waals surface area (Å²) in [6.07, 6.45) is 0. The largest absolute Gasteiger partial charge is 0.376 e. The molecular formula is C20H22ClN3O3. The van der Waals surface area contributed by atoms with Crippen LogP contribution in [0.3, 0.4) is 0 Å². The lowest BCUT2D eigenvalue weighted by Crippen LogP contribution is -2.47. The molecule has 0 unspecified atom stereocenters. The molecule has 2 amide bonds. The Bertz CT molecular complexity index is 838. The van der Waals surface area contributed by atoms with Gasteiger partial charge in [0.15, 0.2) is 5.78 Å². The van der Waals surface area contributed by atoms with Gasteiger partial charge in [0.1, 0.15) is 0 Å². The molecule has 0 aliphatic carbocycles. The molecule has 2 aromatic rings. The van der Waals surface area contributed by atoms with E-state index < -0.39 is 17.9 Å². The number of carbonyl (C=O) groups is 3. The number of hydrogen-bond donors (Lipinski definition) is 3. The predicted molar refractivity (Wildman–Crippen MR) is 106 cm³/mol. The van der Waals surface area contributed by atoms with E-state index in [0.29, 0.717) is 21.8 Å². The number of ketones is 1. The molecule has 1 atom stereocenters. The van der Waals surface area contributed by atoms with E-state index in [-0.39, 0.29) is 18.2 Å². The van der Waals surface area contributed by atoms with Gasteiger partial charge in [0.25, 0.3) is 0 Å². The Kier molecular flexibility index (Phi) is 7.10. The molecule has 0 radical (unpaired) electrons. The van der Waals surface area contributed by atoms with Crippen molar-refractivity contribution in [3.05, 3.63) is 64.7 Å². The third kappa shape index (κ3) is 5.64. The number of halogens is 1. The van der Waals surface area contributed by atoms with E-state index in [1.165, 1.54) is 6.07 Å². The summed E-state index contributed by atoms with van der Waals surface area (Å²) >= 11 is 6.03. The maximum Gasteiger partial charge on any atom is 0.245 e. The number of nitrogens with two attached hydrogens (primary N) is 1. The first-order chi connectivity index (χ1) is 12.8. The van der Waals surface area contributed by atoms with E-state index in [1.807, 2.05) is 6.07 Å². The highest BCUT2D eigenvalue weighted by Gasteiger charge is 2.20. The van der Waals surface area contributed by atoms with Crippen molar-refractivity contribution in [2.24, 2.45) is 11.7 Å². The summed E-state index contributed by atoms with van der Waals surface area (Å²) in [5.74, 6) is -1.38. The molecule has 0 fully saturated rings. The summed E-state index contributed by atoms with van der Waals surface area (Å²) in [5, 5.41) is 5.53. The molecule has 0 spiro atoms. The normalized spacial score (nSPS) is 11.7. The second-order valence-corrected chi connectivity index (χ2v) is 6.86. The first kappa shape index (κ1) is 20.6. The smallest absolute Gasteiger partial charge is 0.245 e. The standard InChI is InChI=1S/C20H22ClN3O3/c1-12(2)18(22)20(27)24-17(25)11-23-16-9-8-14(21)10-15(16)19(26)13-6-4-3-5-7-13/h3-10,12,18,23H,11,22H2,1-2H3,(H,24,25,27)/t18-/m0/s1. The van der Waals surface area contributed by atoms with Crippen LogP contribution in [-0.2, 0) is 9.59 Å². The van der Waals surface area contributed by atoms with Gasteiger partial charge >= 0.3 is 0 Å². The zero-order valence-electron chi connectivity index (χ0n) is 15.2. The fourth-order valence-corrected chi connectivity index (χ4v) is 2.52. The Hall–Kier alpha value is -2.70. The van der Waals surface area contributed by atoms with Crippen LogP contribution in [-0.4, -0.2) is 30.2 Å². The monoisotopic (exact) mass is 387 g/mol. The molecule has 4 N–H and O–H groups in total. The Morgan fingerprint density at radius 1 is 1.07 bits per heavy atom. The molecule has 2 rings (SSSR count). The lowest BCUT2D eigenvalue weighted by Gasteiger charge is -2.15. The number of anilines is 1. The van der Waals surface area contributed by atoms with Crippen molar-refractivity contribution >= 4 is 34.9 Å². The van der Waals surface area contributed by atoms with Gasteiger partial charge in [-0.25, -0.2) is 0 Å². The fourth-order valence-electron chi connectivity index (χ4n) is 2.35. The SMILES string of the molecule is CC(C)[C@H](N)C(=O)NC(=O)CNc1ccc(Cl)cc1C(=O)c1ccccc1. The minimum atomic E-state index is -0.764. The van der Waals surface area contributed by atoms with E-state index in [4.69, 9.17) is 17.3 Å². The number of nitrogens with one attached hydrogen (secondary N) is 2. The Morgan fingerprint density at radius 2 is 1.74 bits per heavy atom.